The van der Waals surface area contributed by atoms with E-state index in [-0.39, 0.29) is 24.6 Å². The van der Waals surface area contributed by atoms with E-state index in [1.165, 1.54) is 19.2 Å². The minimum absolute atomic E-state index is 0.0618. The molecule has 1 rings (SSSR count). The minimum Gasteiger partial charge on any atom is -0.395 e. The zero-order valence-electron chi connectivity index (χ0n) is 11.0. The van der Waals surface area contributed by atoms with Crippen LogP contribution in [0.25, 0.3) is 0 Å². The van der Waals surface area contributed by atoms with Crippen LogP contribution in [0.1, 0.15) is 22.3 Å². The van der Waals surface area contributed by atoms with E-state index in [9.17, 15) is 14.0 Å². The van der Waals surface area contributed by atoms with Gasteiger partial charge >= 0.3 is 0 Å². The molecule has 0 saturated heterocycles. The van der Waals surface area contributed by atoms with E-state index in [1.54, 1.807) is 0 Å². The SMILES string of the molecule is CNC(=O)CNC(=O)c1cc(C#CCCO)ccc1F. The Bertz CT molecular complexity index is 561. The van der Waals surface area contributed by atoms with Crippen LogP contribution in [0, 0.1) is 17.7 Å². The van der Waals surface area contributed by atoms with Gasteiger partial charge in [0.2, 0.25) is 5.91 Å². The Morgan fingerprint density at radius 2 is 2.15 bits per heavy atom. The second-order valence-electron chi connectivity index (χ2n) is 3.83. The number of benzene rings is 1. The smallest absolute Gasteiger partial charge is 0.254 e. The van der Waals surface area contributed by atoms with E-state index < -0.39 is 11.7 Å². The van der Waals surface area contributed by atoms with Crippen LogP contribution in [-0.4, -0.2) is 37.1 Å². The van der Waals surface area contributed by atoms with Gasteiger partial charge in [-0.1, -0.05) is 11.8 Å². The summed E-state index contributed by atoms with van der Waals surface area (Å²) in [7, 11) is 1.44. The predicted molar refractivity (Wildman–Crippen MR) is 71.4 cm³/mol. The summed E-state index contributed by atoms with van der Waals surface area (Å²) in [4.78, 5) is 22.8. The molecule has 0 aromatic heterocycles. The van der Waals surface area contributed by atoms with Gasteiger partial charge < -0.3 is 15.7 Å². The van der Waals surface area contributed by atoms with Gasteiger partial charge in [0.05, 0.1) is 18.7 Å². The first-order valence-corrected chi connectivity index (χ1v) is 5.96. The van der Waals surface area contributed by atoms with Gasteiger partial charge in [-0.05, 0) is 18.2 Å². The summed E-state index contributed by atoms with van der Waals surface area (Å²) in [5.41, 5.74) is 0.287. The molecule has 20 heavy (non-hydrogen) atoms. The zero-order valence-corrected chi connectivity index (χ0v) is 11.0. The number of likely N-dealkylation sites (N-methyl/N-ethyl adjacent to an activating group) is 1. The molecular formula is C14H15FN2O3. The second kappa shape index (κ2) is 7.92. The third-order valence-electron chi connectivity index (χ3n) is 2.37. The van der Waals surface area contributed by atoms with E-state index >= 15 is 0 Å². The number of hydrogen-bond donors (Lipinski definition) is 3. The standard InChI is InChI=1S/C14H15FN2O3/c1-16-13(19)9-17-14(20)11-8-10(4-2-3-7-18)5-6-12(11)15/h5-6,8,18H,3,7,9H2,1H3,(H,16,19)(H,17,20). The fourth-order valence-electron chi connectivity index (χ4n) is 1.34. The lowest BCUT2D eigenvalue weighted by Crippen LogP contribution is -2.35. The normalized spacial score (nSPS) is 9.35. The molecule has 0 saturated carbocycles. The third kappa shape index (κ3) is 4.71. The summed E-state index contributed by atoms with van der Waals surface area (Å²) >= 11 is 0. The molecule has 0 heterocycles. The number of carbonyl (C=O) groups excluding carboxylic acids is 2. The maximum atomic E-state index is 13.6. The van der Waals surface area contributed by atoms with Crippen molar-refractivity contribution >= 4 is 11.8 Å². The highest BCUT2D eigenvalue weighted by Gasteiger charge is 2.12. The average Bonchev–Trinajstić information content (AvgIpc) is 2.46. The Kier molecular flexibility index (Phi) is 6.20. The Morgan fingerprint density at radius 3 is 2.80 bits per heavy atom. The molecule has 0 fully saturated rings. The summed E-state index contributed by atoms with van der Waals surface area (Å²) in [6.07, 6.45) is 0.301. The Balaban J connectivity index is 2.83. The third-order valence-corrected chi connectivity index (χ3v) is 2.37. The quantitative estimate of drug-likeness (QED) is 0.680. The number of hydrogen-bond acceptors (Lipinski definition) is 3. The molecule has 2 amide bonds. The number of nitrogens with one attached hydrogen (secondary N) is 2. The minimum atomic E-state index is -0.688. The highest BCUT2D eigenvalue weighted by atomic mass is 19.1. The topological polar surface area (TPSA) is 78.4 Å². The monoisotopic (exact) mass is 278 g/mol. The van der Waals surface area contributed by atoms with E-state index in [0.29, 0.717) is 12.0 Å². The molecule has 0 aliphatic carbocycles. The molecule has 106 valence electrons. The van der Waals surface area contributed by atoms with Crippen LogP contribution in [0.15, 0.2) is 18.2 Å². The first-order valence-electron chi connectivity index (χ1n) is 5.96. The molecule has 5 nitrogen and oxygen atoms in total. The zero-order chi connectivity index (χ0) is 15.0. The molecule has 0 spiro atoms. The number of aliphatic hydroxyl groups is 1. The van der Waals surface area contributed by atoms with E-state index in [4.69, 9.17) is 5.11 Å². The molecule has 3 N–H and O–H groups in total. The molecule has 0 bridgehead atoms. The van der Waals surface area contributed by atoms with E-state index in [2.05, 4.69) is 22.5 Å². The van der Waals surface area contributed by atoms with Crippen LogP contribution >= 0.6 is 0 Å². The first-order chi connectivity index (χ1) is 9.58. The lowest BCUT2D eigenvalue weighted by Gasteiger charge is -2.05. The molecule has 0 aliphatic rings. The van der Waals surface area contributed by atoms with Crippen molar-refractivity contribution in [3.8, 4) is 11.8 Å². The van der Waals surface area contributed by atoms with Crippen molar-refractivity contribution in [3.63, 3.8) is 0 Å². The summed E-state index contributed by atoms with van der Waals surface area (Å²) in [5.74, 6) is 3.64. The number of amides is 2. The first kappa shape index (κ1) is 15.7. The summed E-state index contributed by atoms with van der Waals surface area (Å²) in [6, 6.07) is 3.88. The summed E-state index contributed by atoms with van der Waals surface area (Å²) in [6.45, 7) is -0.289. The number of halogens is 1. The van der Waals surface area contributed by atoms with Gasteiger partial charge in [0.25, 0.3) is 5.91 Å². The molecule has 0 unspecified atom stereocenters. The lowest BCUT2D eigenvalue weighted by atomic mass is 10.1. The molecular weight excluding hydrogens is 263 g/mol. The predicted octanol–water partition coefficient (Wildman–Crippen LogP) is 0.0354. The Hall–Kier alpha value is -2.39. The van der Waals surface area contributed by atoms with Crippen molar-refractivity contribution < 1.29 is 19.1 Å². The fraction of sp³-hybridized carbons (Fsp3) is 0.286. The van der Waals surface area contributed by atoms with Gasteiger partial charge in [-0.25, -0.2) is 4.39 Å². The summed E-state index contributed by atoms with van der Waals surface area (Å²) < 4.78 is 13.6. The van der Waals surface area contributed by atoms with Crippen LogP contribution in [0.5, 0.6) is 0 Å². The molecule has 0 aliphatic heterocycles. The van der Waals surface area contributed by atoms with Crippen molar-refractivity contribution in [1.29, 1.82) is 0 Å². The number of rotatable bonds is 4. The van der Waals surface area contributed by atoms with Crippen molar-refractivity contribution in [2.75, 3.05) is 20.2 Å². The van der Waals surface area contributed by atoms with Crippen LogP contribution in [-0.2, 0) is 4.79 Å². The fourth-order valence-corrected chi connectivity index (χ4v) is 1.34. The van der Waals surface area contributed by atoms with Gasteiger partial charge in [0.15, 0.2) is 0 Å². The van der Waals surface area contributed by atoms with Gasteiger partial charge in [-0.2, -0.15) is 0 Å². The molecule has 1 aromatic carbocycles. The Morgan fingerprint density at radius 1 is 1.40 bits per heavy atom. The van der Waals surface area contributed by atoms with Gasteiger partial charge in [0, 0.05) is 19.0 Å². The van der Waals surface area contributed by atoms with Crippen molar-refractivity contribution in [2.24, 2.45) is 0 Å². The summed E-state index contributed by atoms with van der Waals surface area (Å²) in [5, 5.41) is 13.3. The second-order valence-corrected chi connectivity index (χ2v) is 3.83. The number of aliphatic hydroxyl groups excluding tert-OH is 1. The Labute approximate surface area is 116 Å². The van der Waals surface area contributed by atoms with Gasteiger partial charge in [-0.15, -0.1) is 0 Å². The van der Waals surface area contributed by atoms with E-state index in [1.807, 2.05) is 0 Å². The molecule has 0 radical (unpaired) electrons. The number of carbonyl (C=O) groups is 2. The van der Waals surface area contributed by atoms with Crippen LogP contribution in [0.3, 0.4) is 0 Å². The van der Waals surface area contributed by atoms with Crippen molar-refractivity contribution in [3.05, 3.63) is 35.1 Å². The largest absolute Gasteiger partial charge is 0.395 e. The lowest BCUT2D eigenvalue weighted by molar-refractivity contribution is -0.119. The van der Waals surface area contributed by atoms with Crippen molar-refractivity contribution in [2.45, 2.75) is 6.42 Å². The van der Waals surface area contributed by atoms with Gasteiger partial charge in [-0.3, -0.25) is 9.59 Å². The highest BCUT2D eigenvalue weighted by molar-refractivity contribution is 5.96. The highest BCUT2D eigenvalue weighted by Crippen LogP contribution is 2.10. The molecule has 6 heteroatoms. The van der Waals surface area contributed by atoms with E-state index in [0.717, 1.165) is 6.07 Å². The molecule has 0 atom stereocenters. The molecule has 1 aromatic rings. The van der Waals surface area contributed by atoms with Crippen LogP contribution in [0.2, 0.25) is 0 Å². The van der Waals surface area contributed by atoms with Crippen LogP contribution in [0.4, 0.5) is 4.39 Å². The average molecular weight is 278 g/mol. The van der Waals surface area contributed by atoms with Crippen LogP contribution < -0.4 is 10.6 Å². The maximum absolute atomic E-state index is 13.6. The van der Waals surface area contributed by atoms with Crippen molar-refractivity contribution in [1.82, 2.24) is 10.6 Å². The van der Waals surface area contributed by atoms with Gasteiger partial charge in [0.1, 0.15) is 5.82 Å². The maximum Gasteiger partial charge on any atom is 0.254 e.